The molecule has 14 heavy (non-hydrogen) atoms. The molecule has 0 radical (unpaired) electrons. The minimum Gasteiger partial charge on any atom is -1.00 e. The minimum atomic E-state index is -0.249. The number of hydrogen-bond donors (Lipinski definition) is 0. The van der Waals surface area contributed by atoms with Gasteiger partial charge in [-0.3, -0.25) is 0 Å². The molecular formula is C10H14ClNO2. The molecule has 1 atom stereocenters. The summed E-state index contributed by atoms with van der Waals surface area (Å²) in [6, 6.07) is 5.43. The third-order valence-corrected chi connectivity index (χ3v) is 1.81. The highest BCUT2D eigenvalue weighted by molar-refractivity contribution is 5.71. The van der Waals surface area contributed by atoms with Crippen LogP contribution in [0.2, 0.25) is 0 Å². The number of carbonyl (C=O) groups excluding carboxylic acids is 1. The Kier molecular flexibility index (Phi) is 5.88. The van der Waals surface area contributed by atoms with E-state index < -0.39 is 0 Å². The van der Waals surface area contributed by atoms with Crippen LogP contribution in [0.4, 0.5) is 0 Å². The van der Waals surface area contributed by atoms with Gasteiger partial charge in [0.25, 0.3) is 6.04 Å². The van der Waals surface area contributed by atoms with E-state index in [4.69, 9.17) is 4.74 Å². The number of pyridine rings is 1. The van der Waals surface area contributed by atoms with Crippen LogP contribution in [0, 0.1) is 0 Å². The quantitative estimate of drug-likeness (QED) is 0.436. The molecule has 0 saturated heterocycles. The Labute approximate surface area is 90.1 Å². The van der Waals surface area contributed by atoms with Gasteiger partial charge >= 0.3 is 5.97 Å². The van der Waals surface area contributed by atoms with Crippen LogP contribution in [0.25, 0.3) is 0 Å². The summed E-state index contributed by atoms with van der Waals surface area (Å²) < 4.78 is 6.72. The van der Waals surface area contributed by atoms with Crippen LogP contribution in [0.3, 0.4) is 0 Å². The largest absolute Gasteiger partial charge is 1.00 e. The molecule has 1 heterocycles. The first kappa shape index (κ1) is 12.9. The summed E-state index contributed by atoms with van der Waals surface area (Å²) in [5.74, 6) is -0.196. The van der Waals surface area contributed by atoms with Crippen LogP contribution in [-0.2, 0) is 9.53 Å². The van der Waals surface area contributed by atoms with E-state index in [1.54, 1.807) is 6.92 Å². The van der Waals surface area contributed by atoms with Crippen molar-refractivity contribution in [1.82, 2.24) is 0 Å². The molecule has 0 aliphatic rings. The van der Waals surface area contributed by atoms with E-state index in [0.29, 0.717) is 6.61 Å². The van der Waals surface area contributed by atoms with Gasteiger partial charge in [-0.1, -0.05) is 6.07 Å². The van der Waals surface area contributed by atoms with Crippen molar-refractivity contribution >= 4 is 5.97 Å². The van der Waals surface area contributed by atoms with Crippen molar-refractivity contribution in [2.45, 2.75) is 19.9 Å². The lowest BCUT2D eigenvalue weighted by atomic mass is 10.3. The molecule has 1 aromatic rings. The first-order valence-electron chi connectivity index (χ1n) is 4.38. The van der Waals surface area contributed by atoms with Crippen LogP contribution in [0.1, 0.15) is 19.9 Å². The van der Waals surface area contributed by atoms with Gasteiger partial charge in [-0.25, -0.2) is 4.79 Å². The Hall–Kier alpha value is -1.09. The molecule has 4 heteroatoms. The zero-order chi connectivity index (χ0) is 9.68. The number of nitrogens with zero attached hydrogens (tertiary/aromatic N) is 1. The third kappa shape index (κ3) is 3.34. The van der Waals surface area contributed by atoms with Gasteiger partial charge in [-0.2, -0.15) is 4.57 Å². The van der Waals surface area contributed by atoms with Crippen molar-refractivity contribution < 1.29 is 26.5 Å². The fourth-order valence-electron chi connectivity index (χ4n) is 1.05. The lowest BCUT2D eigenvalue weighted by molar-refractivity contribution is -0.707. The molecule has 1 aromatic heterocycles. The molecule has 0 aliphatic carbocycles. The number of rotatable bonds is 3. The van der Waals surface area contributed by atoms with E-state index in [1.807, 2.05) is 42.1 Å². The summed E-state index contributed by atoms with van der Waals surface area (Å²) >= 11 is 0. The van der Waals surface area contributed by atoms with E-state index in [1.165, 1.54) is 0 Å². The van der Waals surface area contributed by atoms with Gasteiger partial charge in [0.15, 0.2) is 12.4 Å². The van der Waals surface area contributed by atoms with Crippen molar-refractivity contribution in [3.8, 4) is 0 Å². The van der Waals surface area contributed by atoms with Gasteiger partial charge < -0.3 is 17.1 Å². The van der Waals surface area contributed by atoms with Crippen LogP contribution in [0.15, 0.2) is 30.6 Å². The molecule has 0 fully saturated rings. The molecular weight excluding hydrogens is 202 g/mol. The average Bonchev–Trinajstić information content (AvgIpc) is 2.18. The highest BCUT2D eigenvalue weighted by atomic mass is 35.5. The van der Waals surface area contributed by atoms with Crippen LogP contribution in [-0.4, -0.2) is 12.6 Å². The number of esters is 1. The van der Waals surface area contributed by atoms with Crippen molar-refractivity contribution in [3.05, 3.63) is 30.6 Å². The molecule has 0 bridgehead atoms. The van der Waals surface area contributed by atoms with Crippen molar-refractivity contribution in [2.75, 3.05) is 6.61 Å². The SMILES string of the molecule is CCOC(=O)C(C)[n+]1ccccc1.[Cl-]. The second kappa shape index (κ2) is 6.38. The molecule has 78 valence electrons. The Bertz CT molecular complexity index is 277. The lowest BCUT2D eigenvalue weighted by Gasteiger charge is -2.05. The summed E-state index contributed by atoms with van der Waals surface area (Å²) in [7, 11) is 0. The molecule has 0 saturated carbocycles. The number of hydrogen-bond acceptors (Lipinski definition) is 2. The molecule has 3 nitrogen and oxygen atoms in total. The average molecular weight is 216 g/mol. The normalized spacial score (nSPS) is 11.3. The summed E-state index contributed by atoms with van der Waals surface area (Å²) in [5.41, 5.74) is 0. The van der Waals surface area contributed by atoms with Crippen molar-refractivity contribution in [3.63, 3.8) is 0 Å². The summed E-state index contributed by atoms with van der Waals surface area (Å²) in [5, 5.41) is 0. The van der Waals surface area contributed by atoms with E-state index in [2.05, 4.69) is 0 Å². The maximum Gasteiger partial charge on any atom is 0.375 e. The van der Waals surface area contributed by atoms with Gasteiger partial charge in [0.2, 0.25) is 0 Å². The zero-order valence-electron chi connectivity index (χ0n) is 8.31. The first-order valence-corrected chi connectivity index (χ1v) is 4.38. The molecule has 0 aromatic carbocycles. The molecule has 1 unspecified atom stereocenters. The zero-order valence-corrected chi connectivity index (χ0v) is 9.07. The maximum absolute atomic E-state index is 11.3. The van der Waals surface area contributed by atoms with Gasteiger partial charge in [0.05, 0.1) is 6.61 Å². The predicted molar refractivity (Wildman–Crippen MR) is 48.0 cm³/mol. The fourth-order valence-corrected chi connectivity index (χ4v) is 1.05. The van der Waals surface area contributed by atoms with Crippen molar-refractivity contribution in [1.29, 1.82) is 0 Å². The maximum atomic E-state index is 11.3. The van der Waals surface area contributed by atoms with E-state index in [9.17, 15) is 4.79 Å². The lowest BCUT2D eigenvalue weighted by Crippen LogP contribution is -3.00. The molecule has 0 N–H and O–H groups in total. The highest BCUT2D eigenvalue weighted by Crippen LogP contribution is 1.97. The summed E-state index contributed by atoms with van der Waals surface area (Å²) in [6.45, 7) is 4.05. The summed E-state index contributed by atoms with van der Waals surface area (Å²) in [6.07, 6.45) is 3.70. The smallest absolute Gasteiger partial charge is 0.375 e. The van der Waals surface area contributed by atoms with Gasteiger partial charge in [0, 0.05) is 19.1 Å². The molecule has 1 rings (SSSR count). The molecule has 0 amide bonds. The second-order valence-electron chi connectivity index (χ2n) is 2.75. The van der Waals surface area contributed by atoms with Crippen LogP contribution in [0.5, 0.6) is 0 Å². The standard InChI is InChI=1S/C10H14NO2.ClH/c1-3-13-10(12)9(2)11-7-5-4-6-8-11;/h4-9H,3H2,1-2H3;1H/q+1;/p-1. The van der Waals surface area contributed by atoms with Crippen LogP contribution >= 0.6 is 0 Å². The van der Waals surface area contributed by atoms with Gasteiger partial charge in [0.1, 0.15) is 0 Å². The first-order chi connectivity index (χ1) is 6.25. The molecule has 0 aliphatic heterocycles. The second-order valence-corrected chi connectivity index (χ2v) is 2.75. The summed E-state index contributed by atoms with van der Waals surface area (Å²) in [4.78, 5) is 11.3. The Balaban J connectivity index is 0.00000169. The predicted octanol–water partition coefficient (Wildman–Crippen LogP) is -1.90. The van der Waals surface area contributed by atoms with Crippen molar-refractivity contribution in [2.24, 2.45) is 0 Å². The highest BCUT2D eigenvalue weighted by Gasteiger charge is 2.21. The monoisotopic (exact) mass is 215 g/mol. The molecule has 0 spiro atoms. The third-order valence-electron chi connectivity index (χ3n) is 1.81. The number of carbonyl (C=O) groups is 1. The topological polar surface area (TPSA) is 30.2 Å². The fraction of sp³-hybridized carbons (Fsp3) is 0.400. The Morgan fingerprint density at radius 1 is 1.36 bits per heavy atom. The Morgan fingerprint density at radius 3 is 2.43 bits per heavy atom. The van der Waals surface area contributed by atoms with E-state index in [-0.39, 0.29) is 24.4 Å². The van der Waals surface area contributed by atoms with Gasteiger partial charge in [-0.05, 0) is 6.92 Å². The Morgan fingerprint density at radius 2 is 1.93 bits per heavy atom. The van der Waals surface area contributed by atoms with E-state index >= 15 is 0 Å². The number of aromatic nitrogens is 1. The number of halogens is 1. The van der Waals surface area contributed by atoms with Crippen LogP contribution < -0.4 is 17.0 Å². The minimum absolute atomic E-state index is 0. The van der Waals surface area contributed by atoms with E-state index in [0.717, 1.165) is 0 Å². The number of ether oxygens (including phenoxy) is 1. The van der Waals surface area contributed by atoms with Gasteiger partial charge in [-0.15, -0.1) is 0 Å².